The number of amides is 2. The number of carbonyl (C=O) groups excluding carboxylic acids is 2. The monoisotopic (exact) mass is 436 g/mol. The Balaban J connectivity index is 0.00000450. The van der Waals surface area contributed by atoms with E-state index in [9.17, 15) is 9.59 Å². The minimum absolute atomic E-state index is 0. The molecule has 1 atom stereocenters. The first-order valence-electron chi connectivity index (χ1n) is 8.68. The Morgan fingerprint density at radius 1 is 1.07 bits per heavy atom. The summed E-state index contributed by atoms with van der Waals surface area (Å²) in [5, 5.41) is 10.2. The average Bonchev–Trinajstić information content (AvgIpc) is 2.71. The summed E-state index contributed by atoms with van der Waals surface area (Å²) in [6.07, 6.45) is -0.895. The van der Waals surface area contributed by atoms with Crippen molar-refractivity contribution in [2.75, 3.05) is 20.8 Å². The molecule has 0 saturated heterocycles. The van der Waals surface area contributed by atoms with E-state index < -0.39 is 12.0 Å². The van der Waals surface area contributed by atoms with Crippen molar-refractivity contribution >= 4 is 30.1 Å². The highest BCUT2D eigenvalue weighted by atomic mass is 35.5. The van der Waals surface area contributed by atoms with Gasteiger partial charge in [0, 0.05) is 19.2 Å². The summed E-state index contributed by atoms with van der Waals surface area (Å²) in [5.41, 5.74) is 12.5. The number of amidine groups is 1. The van der Waals surface area contributed by atoms with Crippen LogP contribution in [0.25, 0.3) is 0 Å². The molecular formula is C20H25ClN4O5. The van der Waals surface area contributed by atoms with E-state index in [0.29, 0.717) is 16.9 Å². The highest BCUT2D eigenvalue weighted by molar-refractivity contribution is 5.94. The van der Waals surface area contributed by atoms with Crippen LogP contribution in [0.2, 0.25) is 0 Å². The van der Waals surface area contributed by atoms with Crippen LogP contribution in [0.1, 0.15) is 22.8 Å². The van der Waals surface area contributed by atoms with Crippen LogP contribution in [0.5, 0.6) is 11.5 Å². The molecule has 2 aromatic rings. The zero-order chi connectivity index (χ0) is 21.4. The summed E-state index contributed by atoms with van der Waals surface area (Å²) in [7, 11) is 2.88. The van der Waals surface area contributed by atoms with Crippen molar-refractivity contribution in [3.63, 3.8) is 0 Å². The molecule has 0 unspecified atom stereocenters. The summed E-state index contributed by atoms with van der Waals surface area (Å²) < 4.78 is 15.9. The predicted molar refractivity (Wildman–Crippen MR) is 114 cm³/mol. The highest BCUT2D eigenvalue weighted by Crippen LogP contribution is 2.31. The summed E-state index contributed by atoms with van der Waals surface area (Å²) >= 11 is 0. The van der Waals surface area contributed by atoms with Crippen LogP contribution in [0.4, 0.5) is 0 Å². The Labute approximate surface area is 180 Å². The lowest BCUT2D eigenvalue weighted by Crippen LogP contribution is -2.30. The van der Waals surface area contributed by atoms with Gasteiger partial charge in [-0.05, 0) is 23.3 Å². The van der Waals surface area contributed by atoms with E-state index in [1.54, 1.807) is 42.5 Å². The molecule has 30 heavy (non-hydrogen) atoms. The molecule has 0 aliphatic carbocycles. The van der Waals surface area contributed by atoms with Gasteiger partial charge in [-0.25, -0.2) is 0 Å². The molecule has 6 N–H and O–H groups in total. The Morgan fingerprint density at radius 2 is 1.73 bits per heavy atom. The number of benzene rings is 2. The Morgan fingerprint density at radius 3 is 2.27 bits per heavy atom. The van der Waals surface area contributed by atoms with Gasteiger partial charge in [-0.15, -0.1) is 12.4 Å². The molecule has 0 spiro atoms. The number of nitrogen functional groups attached to an aromatic ring is 1. The van der Waals surface area contributed by atoms with Gasteiger partial charge in [0.1, 0.15) is 5.84 Å². The molecule has 0 fully saturated rings. The number of ether oxygens (including phenoxy) is 3. The summed E-state index contributed by atoms with van der Waals surface area (Å²) in [6, 6.07) is 11.8. The van der Waals surface area contributed by atoms with E-state index in [0.717, 1.165) is 5.56 Å². The van der Waals surface area contributed by atoms with Gasteiger partial charge in [0.25, 0.3) is 11.8 Å². The Kier molecular flexibility index (Phi) is 9.60. The molecule has 10 heteroatoms. The van der Waals surface area contributed by atoms with Gasteiger partial charge in [0.2, 0.25) is 0 Å². The van der Waals surface area contributed by atoms with Crippen LogP contribution in [-0.2, 0) is 20.9 Å². The van der Waals surface area contributed by atoms with Crippen LogP contribution in [0.15, 0.2) is 42.5 Å². The summed E-state index contributed by atoms with van der Waals surface area (Å²) in [6.45, 7) is -0.0437. The van der Waals surface area contributed by atoms with Crippen molar-refractivity contribution in [3.05, 3.63) is 59.2 Å². The number of carbonyl (C=O) groups is 2. The second-order valence-corrected chi connectivity index (χ2v) is 6.11. The first kappa shape index (κ1) is 24.7. The largest absolute Gasteiger partial charge is 0.493 e. The zero-order valence-corrected chi connectivity index (χ0v) is 17.5. The number of hydrogen-bond acceptors (Lipinski definition) is 6. The molecule has 0 bridgehead atoms. The predicted octanol–water partition coefficient (Wildman–Crippen LogP) is 1.27. The van der Waals surface area contributed by atoms with Gasteiger partial charge in [-0.1, -0.05) is 30.3 Å². The highest BCUT2D eigenvalue weighted by Gasteiger charge is 2.22. The van der Waals surface area contributed by atoms with Gasteiger partial charge in [-0.2, -0.15) is 0 Å². The lowest BCUT2D eigenvalue weighted by atomic mass is 10.1. The number of nitrogens with two attached hydrogens (primary N) is 2. The Hall–Kier alpha value is -3.30. The van der Waals surface area contributed by atoms with Crippen molar-refractivity contribution in [3.8, 4) is 11.5 Å². The second-order valence-electron chi connectivity index (χ2n) is 6.11. The van der Waals surface area contributed by atoms with Gasteiger partial charge >= 0.3 is 0 Å². The number of hydrogen-bond donors (Lipinski definition) is 4. The minimum Gasteiger partial charge on any atom is -0.493 e. The smallest absolute Gasteiger partial charge is 0.255 e. The molecule has 2 rings (SSSR count). The van der Waals surface area contributed by atoms with Crippen molar-refractivity contribution in [2.45, 2.75) is 12.6 Å². The standard InChI is InChI=1S/C20H24N4O5.ClH/c1-27-15-8-7-14(9-16(15)29-11-17(21)25)18(28-2)20(26)24-10-12-3-5-13(6-4-12)19(22)23;/h3-9,18H,10-11H2,1-2H3,(H2,21,25)(H3,22,23)(H,24,26);1H/t18-;/m0./s1. The second kappa shape index (κ2) is 11.6. The molecule has 0 saturated carbocycles. The quantitative estimate of drug-likeness (QED) is 0.325. The van der Waals surface area contributed by atoms with E-state index >= 15 is 0 Å². The third-order valence-corrected chi connectivity index (χ3v) is 4.07. The van der Waals surface area contributed by atoms with E-state index in [1.807, 2.05) is 0 Å². The molecule has 0 heterocycles. The van der Waals surface area contributed by atoms with Crippen molar-refractivity contribution < 1.29 is 23.8 Å². The molecular weight excluding hydrogens is 412 g/mol. The minimum atomic E-state index is -0.895. The molecule has 9 nitrogen and oxygen atoms in total. The van der Waals surface area contributed by atoms with E-state index in [1.165, 1.54) is 14.2 Å². The zero-order valence-electron chi connectivity index (χ0n) is 16.6. The Bertz CT molecular complexity index is 889. The number of nitrogens with one attached hydrogen (secondary N) is 2. The number of rotatable bonds is 10. The van der Waals surface area contributed by atoms with Gasteiger partial charge in [-0.3, -0.25) is 15.0 Å². The third-order valence-electron chi connectivity index (χ3n) is 4.07. The summed E-state index contributed by atoms with van der Waals surface area (Å²) in [5.74, 6) is -0.327. The van der Waals surface area contributed by atoms with Crippen LogP contribution in [0, 0.1) is 5.41 Å². The molecule has 0 radical (unpaired) electrons. The van der Waals surface area contributed by atoms with Crippen LogP contribution in [-0.4, -0.2) is 38.5 Å². The van der Waals surface area contributed by atoms with Gasteiger partial charge in [0.05, 0.1) is 7.11 Å². The molecule has 0 aliphatic heterocycles. The topological polar surface area (TPSA) is 150 Å². The molecule has 0 aromatic heterocycles. The maximum absolute atomic E-state index is 12.6. The average molecular weight is 437 g/mol. The van der Waals surface area contributed by atoms with Crippen LogP contribution >= 0.6 is 12.4 Å². The molecule has 2 aromatic carbocycles. The van der Waals surface area contributed by atoms with E-state index in [4.69, 9.17) is 31.1 Å². The fraction of sp³-hybridized carbons (Fsp3) is 0.250. The van der Waals surface area contributed by atoms with Crippen LogP contribution in [0.3, 0.4) is 0 Å². The number of methoxy groups -OCH3 is 2. The SMILES string of the molecule is COc1ccc([C@H](OC)C(=O)NCc2ccc(C(=N)N)cc2)cc1OCC(N)=O.Cl. The first-order chi connectivity index (χ1) is 13.8. The molecule has 162 valence electrons. The summed E-state index contributed by atoms with van der Waals surface area (Å²) in [4.78, 5) is 23.6. The molecule has 0 aliphatic rings. The fourth-order valence-electron chi connectivity index (χ4n) is 2.60. The van der Waals surface area contributed by atoms with Gasteiger partial charge in [0.15, 0.2) is 24.2 Å². The van der Waals surface area contributed by atoms with Crippen molar-refractivity contribution in [1.29, 1.82) is 5.41 Å². The lowest BCUT2D eigenvalue weighted by molar-refractivity contribution is -0.131. The third kappa shape index (κ3) is 6.64. The van der Waals surface area contributed by atoms with E-state index in [2.05, 4.69) is 5.32 Å². The normalized spacial score (nSPS) is 11.0. The van der Waals surface area contributed by atoms with Crippen molar-refractivity contribution in [2.24, 2.45) is 11.5 Å². The van der Waals surface area contributed by atoms with E-state index in [-0.39, 0.29) is 43.1 Å². The molecule has 2 amide bonds. The maximum atomic E-state index is 12.6. The van der Waals surface area contributed by atoms with Crippen molar-refractivity contribution in [1.82, 2.24) is 5.32 Å². The fourth-order valence-corrected chi connectivity index (χ4v) is 2.60. The van der Waals surface area contributed by atoms with Crippen LogP contribution < -0.4 is 26.3 Å². The first-order valence-corrected chi connectivity index (χ1v) is 8.68. The number of primary amides is 1. The van der Waals surface area contributed by atoms with Gasteiger partial charge < -0.3 is 31.0 Å². The number of halogens is 1. The lowest BCUT2D eigenvalue weighted by Gasteiger charge is -2.18. The maximum Gasteiger partial charge on any atom is 0.255 e.